The van der Waals surface area contributed by atoms with Crippen molar-refractivity contribution in [3.63, 3.8) is 0 Å². The maximum atomic E-state index is 12.1. The summed E-state index contributed by atoms with van der Waals surface area (Å²) in [6, 6.07) is 7.93. The zero-order valence-electron chi connectivity index (χ0n) is 14.1. The number of hydrogen-bond donors (Lipinski definition) is 2. The lowest BCUT2D eigenvalue weighted by molar-refractivity contribution is -0.119. The monoisotopic (exact) mass is 342 g/mol. The van der Waals surface area contributed by atoms with Gasteiger partial charge in [-0.1, -0.05) is 18.2 Å². The molecule has 4 atom stereocenters. The summed E-state index contributed by atoms with van der Waals surface area (Å²) in [5.41, 5.74) is 3.28. The fraction of sp³-hybridized carbons (Fsp3) is 0.474. The summed E-state index contributed by atoms with van der Waals surface area (Å²) in [5, 5.41) is 12.1. The molecular formula is C19H22N2O4. The molecule has 25 heavy (non-hydrogen) atoms. The number of carbonyl (C=O) groups excluding carboxylic acids is 2. The topological polar surface area (TPSA) is 78.9 Å². The second-order valence-electron chi connectivity index (χ2n) is 7.03. The number of fused-ring (bicyclic) bond motifs is 1. The molecule has 1 heterocycles. The van der Waals surface area contributed by atoms with Gasteiger partial charge >= 0.3 is 6.09 Å². The van der Waals surface area contributed by atoms with E-state index in [1.54, 1.807) is 4.90 Å². The quantitative estimate of drug-likeness (QED) is 0.855. The molecule has 0 spiro atoms. The second-order valence-corrected chi connectivity index (χ2v) is 7.03. The maximum Gasteiger partial charge on any atom is 0.414 e. The SMILES string of the molecule is CC(=O)NC[C@H]1CN(c2ccc(C3=CC[C@@H]4[C@@H](CO)[C@H]34)cc2)C(=O)O1. The van der Waals surface area contributed by atoms with E-state index < -0.39 is 0 Å². The third-order valence-electron chi connectivity index (χ3n) is 5.48. The standard InChI is InChI=1S/C19H22N2O4/c1-11(23)20-8-14-9-21(19(24)25-14)13-4-2-12(3-5-13)15-6-7-16-17(10-22)18(15)16/h2-6,14,16-18,22H,7-10H2,1H3,(H,20,23)/t14-,16+,17+,18+/m0/s1. The van der Waals surface area contributed by atoms with Gasteiger partial charge in [-0.15, -0.1) is 0 Å². The van der Waals surface area contributed by atoms with E-state index in [1.165, 1.54) is 12.5 Å². The molecule has 3 aliphatic rings. The molecule has 2 amide bonds. The maximum absolute atomic E-state index is 12.1. The number of nitrogens with one attached hydrogen (secondary N) is 1. The van der Waals surface area contributed by atoms with Gasteiger partial charge in [-0.05, 0) is 47.4 Å². The van der Waals surface area contributed by atoms with Gasteiger partial charge in [-0.3, -0.25) is 9.69 Å². The molecule has 2 aliphatic carbocycles. The van der Waals surface area contributed by atoms with Crippen LogP contribution < -0.4 is 10.2 Å². The van der Waals surface area contributed by atoms with Crippen molar-refractivity contribution in [1.82, 2.24) is 5.32 Å². The van der Waals surface area contributed by atoms with Gasteiger partial charge in [0.2, 0.25) is 5.91 Å². The predicted octanol–water partition coefficient (Wildman–Crippen LogP) is 1.79. The molecule has 6 nitrogen and oxygen atoms in total. The highest BCUT2D eigenvalue weighted by Crippen LogP contribution is 2.60. The molecule has 0 unspecified atom stereocenters. The molecule has 2 fully saturated rings. The van der Waals surface area contributed by atoms with Gasteiger partial charge < -0.3 is 15.2 Å². The number of aliphatic hydroxyl groups is 1. The van der Waals surface area contributed by atoms with Crippen LogP contribution in [0.1, 0.15) is 18.9 Å². The van der Waals surface area contributed by atoms with Crippen LogP contribution in [0, 0.1) is 17.8 Å². The van der Waals surface area contributed by atoms with E-state index >= 15 is 0 Å². The number of nitrogens with zero attached hydrogens (tertiary/aromatic N) is 1. The summed E-state index contributed by atoms with van der Waals surface area (Å²) < 4.78 is 5.29. The number of cyclic esters (lactones) is 1. The molecule has 6 heteroatoms. The second kappa shape index (κ2) is 6.19. The zero-order chi connectivity index (χ0) is 17.6. The smallest absolute Gasteiger partial charge is 0.414 e. The van der Waals surface area contributed by atoms with Gasteiger partial charge in [0.25, 0.3) is 0 Å². The lowest BCUT2D eigenvalue weighted by Crippen LogP contribution is -2.33. The van der Waals surface area contributed by atoms with Crippen molar-refractivity contribution in [3.05, 3.63) is 35.9 Å². The lowest BCUT2D eigenvalue weighted by Gasteiger charge is -2.14. The molecule has 0 aromatic heterocycles. The molecule has 132 valence electrons. The van der Waals surface area contributed by atoms with Crippen molar-refractivity contribution in [2.24, 2.45) is 17.8 Å². The van der Waals surface area contributed by atoms with Crippen LogP contribution in [-0.4, -0.2) is 42.9 Å². The van der Waals surface area contributed by atoms with Crippen LogP contribution in [0.4, 0.5) is 10.5 Å². The molecule has 1 aromatic carbocycles. The van der Waals surface area contributed by atoms with Crippen LogP contribution in [0.5, 0.6) is 0 Å². The van der Waals surface area contributed by atoms with Crippen LogP contribution in [0.25, 0.3) is 5.57 Å². The zero-order valence-corrected chi connectivity index (χ0v) is 14.1. The Morgan fingerprint density at radius 1 is 1.36 bits per heavy atom. The number of anilines is 1. The van der Waals surface area contributed by atoms with E-state index in [1.807, 2.05) is 24.3 Å². The van der Waals surface area contributed by atoms with Gasteiger partial charge in [0.05, 0.1) is 13.1 Å². The number of rotatable bonds is 5. The Balaban J connectivity index is 1.42. The normalized spacial score (nSPS) is 29.9. The highest BCUT2D eigenvalue weighted by molar-refractivity contribution is 5.90. The highest BCUT2D eigenvalue weighted by atomic mass is 16.6. The van der Waals surface area contributed by atoms with Crippen molar-refractivity contribution < 1.29 is 19.4 Å². The van der Waals surface area contributed by atoms with Crippen LogP contribution >= 0.6 is 0 Å². The van der Waals surface area contributed by atoms with Crippen molar-refractivity contribution in [2.45, 2.75) is 19.4 Å². The van der Waals surface area contributed by atoms with Crippen molar-refractivity contribution in [2.75, 3.05) is 24.6 Å². The average molecular weight is 342 g/mol. The molecule has 0 radical (unpaired) electrons. The van der Waals surface area contributed by atoms with E-state index in [-0.39, 0.29) is 24.7 Å². The van der Waals surface area contributed by atoms with Gasteiger partial charge in [0.1, 0.15) is 6.10 Å². The molecule has 1 aromatic rings. The summed E-state index contributed by atoms with van der Waals surface area (Å²) in [4.78, 5) is 24.6. The van der Waals surface area contributed by atoms with Gasteiger partial charge in [-0.2, -0.15) is 0 Å². The summed E-state index contributed by atoms with van der Waals surface area (Å²) >= 11 is 0. The van der Waals surface area contributed by atoms with E-state index in [0.29, 0.717) is 30.8 Å². The summed E-state index contributed by atoms with van der Waals surface area (Å²) in [5.74, 6) is 1.39. The largest absolute Gasteiger partial charge is 0.442 e. The Kier molecular flexibility index (Phi) is 4.00. The van der Waals surface area contributed by atoms with E-state index in [2.05, 4.69) is 11.4 Å². The first-order valence-corrected chi connectivity index (χ1v) is 8.72. The predicted molar refractivity (Wildman–Crippen MR) is 92.9 cm³/mol. The van der Waals surface area contributed by atoms with E-state index in [0.717, 1.165) is 17.7 Å². The van der Waals surface area contributed by atoms with Crippen LogP contribution in [0.3, 0.4) is 0 Å². The Hall–Kier alpha value is -2.34. The third kappa shape index (κ3) is 2.91. The Bertz CT molecular complexity index is 727. The fourth-order valence-electron chi connectivity index (χ4n) is 4.12. The summed E-state index contributed by atoms with van der Waals surface area (Å²) in [6.07, 6.45) is 2.61. The van der Waals surface area contributed by atoms with Crippen molar-refractivity contribution in [1.29, 1.82) is 0 Å². The van der Waals surface area contributed by atoms with Gasteiger partial charge in [0, 0.05) is 19.2 Å². The number of ether oxygens (including phenoxy) is 1. The fourth-order valence-corrected chi connectivity index (χ4v) is 4.12. The number of aliphatic hydroxyl groups excluding tert-OH is 1. The minimum Gasteiger partial charge on any atom is -0.442 e. The Morgan fingerprint density at radius 3 is 2.76 bits per heavy atom. The molecule has 1 aliphatic heterocycles. The molecular weight excluding hydrogens is 320 g/mol. The molecule has 0 bridgehead atoms. The first-order valence-electron chi connectivity index (χ1n) is 8.72. The summed E-state index contributed by atoms with van der Waals surface area (Å²) in [7, 11) is 0. The molecule has 1 saturated carbocycles. The highest BCUT2D eigenvalue weighted by Gasteiger charge is 2.53. The molecule has 2 N–H and O–H groups in total. The lowest BCUT2D eigenvalue weighted by atomic mass is 10.0. The molecule has 4 rings (SSSR count). The van der Waals surface area contributed by atoms with E-state index in [9.17, 15) is 14.7 Å². The summed E-state index contributed by atoms with van der Waals surface area (Å²) in [6.45, 7) is 2.46. The third-order valence-corrected chi connectivity index (χ3v) is 5.48. The van der Waals surface area contributed by atoms with Crippen molar-refractivity contribution in [3.8, 4) is 0 Å². The first kappa shape index (κ1) is 16.1. The van der Waals surface area contributed by atoms with Crippen LogP contribution in [-0.2, 0) is 9.53 Å². The first-order chi connectivity index (χ1) is 12.1. The molecule has 1 saturated heterocycles. The number of carbonyl (C=O) groups is 2. The number of amides is 2. The number of allylic oxidation sites excluding steroid dienone is 2. The minimum atomic E-state index is -0.384. The number of benzene rings is 1. The Labute approximate surface area is 146 Å². The number of hydrogen-bond acceptors (Lipinski definition) is 4. The van der Waals surface area contributed by atoms with E-state index in [4.69, 9.17) is 4.74 Å². The van der Waals surface area contributed by atoms with Crippen LogP contribution in [0.15, 0.2) is 30.3 Å². The van der Waals surface area contributed by atoms with Crippen molar-refractivity contribution >= 4 is 23.3 Å². The Morgan fingerprint density at radius 2 is 2.12 bits per heavy atom. The minimum absolute atomic E-state index is 0.136. The average Bonchev–Trinajstić information content (AvgIpc) is 2.93. The van der Waals surface area contributed by atoms with Gasteiger partial charge in [-0.25, -0.2) is 4.79 Å². The van der Waals surface area contributed by atoms with Crippen LogP contribution in [0.2, 0.25) is 0 Å². The van der Waals surface area contributed by atoms with Gasteiger partial charge in [0.15, 0.2) is 0 Å².